The fourth-order valence-corrected chi connectivity index (χ4v) is 1.99. The third-order valence-corrected chi connectivity index (χ3v) is 3.28. The van der Waals surface area contributed by atoms with E-state index in [2.05, 4.69) is 10.3 Å². The van der Waals surface area contributed by atoms with E-state index >= 15 is 0 Å². The van der Waals surface area contributed by atoms with Crippen LogP contribution in [0.3, 0.4) is 0 Å². The molecule has 0 spiro atoms. The van der Waals surface area contributed by atoms with Crippen molar-refractivity contribution in [1.29, 1.82) is 0 Å². The number of carbonyl (C=O) groups excluding carboxylic acids is 1. The molecule has 2 aromatic rings. The standard InChI is InChI=1S/C16H15FN2O3/c1-9-10(2)18-15(16(21)22)13(9)7-8-14(20)19-12-5-3-11(17)4-6-12/h3-8,18H,1-2H3,(H,19,20)(H,21,22)/b8-7+. The summed E-state index contributed by atoms with van der Waals surface area (Å²) in [6.45, 7) is 3.54. The maximum absolute atomic E-state index is 12.8. The first-order chi connectivity index (χ1) is 10.4. The predicted octanol–water partition coefficient (Wildman–Crippen LogP) is 3.12. The van der Waals surface area contributed by atoms with Crippen molar-refractivity contribution in [2.45, 2.75) is 13.8 Å². The highest BCUT2D eigenvalue weighted by Gasteiger charge is 2.15. The molecule has 0 saturated heterocycles. The second kappa shape index (κ2) is 6.26. The molecule has 0 unspecified atom stereocenters. The second-order valence-corrected chi connectivity index (χ2v) is 4.80. The molecule has 5 nitrogen and oxygen atoms in total. The minimum Gasteiger partial charge on any atom is -0.477 e. The van der Waals surface area contributed by atoms with Crippen LogP contribution < -0.4 is 5.32 Å². The van der Waals surface area contributed by atoms with E-state index in [1.165, 1.54) is 36.4 Å². The Labute approximate surface area is 126 Å². The van der Waals surface area contributed by atoms with Gasteiger partial charge < -0.3 is 15.4 Å². The van der Waals surface area contributed by atoms with Gasteiger partial charge in [-0.2, -0.15) is 0 Å². The van der Waals surface area contributed by atoms with Gasteiger partial charge in [0.2, 0.25) is 5.91 Å². The van der Waals surface area contributed by atoms with Gasteiger partial charge in [0, 0.05) is 23.0 Å². The van der Waals surface area contributed by atoms with Crippen LogP contribution in [0.4, 0.5) is 10.1 Å². The molecule has 0 bridgehead atoms. The average Bonchev–Trinajstić information content (AvgIpc) is 2.75. The Hall–Kier alpha value is -2.89. The van der Waals surface area contributed by atoms with Crippen molar-refractivity contribution in [1.82, 2.24) is 4.98 Å². The number of hydrogen-bond donors (Lipinski definition) is 3. The predicted molar refractivity (Wildman–Crippen MR) is 81.3 cm³/mol. The van der Waals surface area contributed by atoms with Crippen LogP contribution in [0.1, 0.15) is 27.3 Å². The van der Waals surface area contributed by atoms with Crippen molar-refractivity contribution in [2.75, 3.05) is 5.32 Å². The number of hydrogen-bond acceptors (Lipinski definition) is 2. The highest BCUT2D eigenvalue weighted by Crippen LogP contribution is 2.19. The summed E-state index contributed by atoms with van der Waals surface area (Å²) in [5.41, 5.74) is 2.45. The summed E-state index contributed by atoms with van der Waals surface area (Å²) in [5.74, 6) is -1.91. The van der Waals surface area contributed by atoms with Gasteiger partial charge in [0.1, 0.15) is 11.5 Å². The van der Waals surface area contributed by atoms with E-state index < -0.39 is 17.7 Å². The number of aromatic amines is 1. The largest absolute Gasteiger partial charge is 0.477 e. The van der Waals surface area contributed by atoms with Gasteiger partial charge >= 0.3 is 5.97 Å². The Balaban J connectivity index is 2.16. The maximum atomic E-state index is 12.8. The number of carboxylic acids is 1. The first-order valence-electron chi connectivity index (χ1n) is 6.55. The number of aromatic carboxylic acids is 1. The molecule has 0 radical (unpaired) electrons. The fraction of sp³-hybridized carbons (Fsp3) is 0.125. The number of carbonyl (C=O) groups is 2. The first-order valence-corrected chi connectivity index (χ1v) is 6.55. The number of carboxylic acid groups (broad SMARTS) is 1. The number of H-pyrrole nitrogens is 1. The maximum Gasteiger partial charge on any atom is 0.352 e. The molecule has 2 rings (SSSR count). The van der Waals surface area contributed by atoms with Gasteiger partial charge in [-0.1, -0.05) is 0 Å². The molecule has 22 heavy (non-hydrogen) atoms. The SMILES string of the molecule is Cc1[nH]c(C(=O)O)c(/C=C/C(=O)Nc2ccc(F)cc2)c1C. The first kappa shape index (κ1) is 15.5. The lowest BCUT2D eigenvalue weighted by Crippen LogP contribution is -2.08. The molecule has 1 aromatic carbocycles. The van der Waals surface area contributed by atoms with Gasteiger partial charge in [-0.05, 0) is 49.8 Å². The van der Waals surface area contributed by atoms with E-state index in [0.29, 0.717) is 11.3 Å². The van der Waals surface area contributed by atoms with Crippen molar-refractivity contribution in [2.24, 2.45) is 0 Å². The van der Waals surface area contributed by atoms with Gasteiger partial charge in [-0.15, -0.1) is 0 Å². The molecule has 3 N–H and O–H groups in total. The van der Waals surface area contributed by atoms with Crippen LogP contribution in [0.5, 0.6) is 0 Å². The lowest BCUT2D eigenvalue weighted by atomic mass is 10.1. The van der Waals surface area contributed by atoms with Gasteiger partial charge in [-0.25, -0.2) is 9.18 Å². The zero-order valence-corrected chi connectivity index (χ0v) is 12.1. The third-order valence-electron chi connectivity index (χ3n) is 3.28. The molecule has 0 saturated carbocycles. The Bertz CT molecular complexity index is 745. The van der Waals surface area contributed by atoms with E-state index in [9.17, 15) is 14.0 Å². The number of halogens is 1. The molecule has 0 atom stereocenters. The van der Waals surface area contributed by atoms with Crippen molar-refractivity contribution >= 4 is 23.6 Å². The summed E-state index contributed by atoms with van der Waals surface area (Å²) in [5, 5.41) is 11.7. The van der Waals surface area contributed by atoms with Crippen LogP contribution in [0, 0.1) is 19.7 Å². The summed E-state index contributed by atoms with van der Waals surface area (Å²) < 4.78 is 12.8. The van der Waals surface area contributed by atoms with Crippen molar-refractivity contribution in [3.63, 3.8) is 0 Å². The monoisotopic (exact) mass is 302 g/mol. The van der Waals surface area contributed by atoms with Crippen molar-refractivity contribution in [3.05, 3.63) is 58.7 Å². The zero-order valence-electron chi connectivity index (χ0n) is 12.1. The summed E-state index contributed by atoms with van der Waals surface area (Å²) in [7, 11) is 0. The number of aryl methyl sites for hydroxylation is 1. The average molecular weight is 302 g/mol. The van der Waals surface area contributed by atoms with E-state index in [1.807, 2.05) is 0 Å². The van der Waals surface area contributed by atoms with E-state index in [1.54, 1.807) is 13.8 Å². The lowest BCUT2D eigenvalue weighted by Gasteiger charge is -2.01. The van der Waals surface area contributed by atoms with Gasteiger partial charge in [0.15, 0.2) is 0 Å². The Morgan fingerprint density at radius 2 is 1.86 bits per heavy atom. The highest BCUT2D eigenvalue weighted by atomic mass is 19.1. The number of nitrogens with one attached hydrogen (secondary N) is 2. The summed E-state index contributed by atoms with van der Waals surface area (Å²) >= 11 is 0. The molecule has 1 heterocycles. The van der Waals surface area contributed by atoms with Crippen LogP contribution in [-0.2, 0) is 4.79 Å². The molecule has 114 valence electrons. The second-order valence-electron chi connectivity index (χ2n) is 4.80. The van der Waals surface area contributed by atoms with Crippen LogP contribution >= 0.6 is 0 Å². The number of amides is 1. The van der Waals surface area contributed by atoms with Gasteiger partial charge in [0.05, 0.1) is 0 Å². The molecule has 0 aliphatic rings. The fourth-order valence-electron chi connectivity index (χ4n) is 1.99. The molecule has 6 heteroatoms. The molecular weight excluding hydrogens is 287 g/mol. The summed E-state index contributed by atoms with van der Waals surface area (Å²) in [4.78, 5) is 25.7. The summed E-state index contributed by atoms with van der Waals surface area (Å²) in [6, 6.07) is 5.36. The number of rotatable bonds is 4. The third kappa shape index (κ3) is 3.41. The smallest absolute Gasteiger partial charge is 0.352 e. The molecule has 0 aliphatic carbocycles. The normalized spacial score (nSPS) is 10.9. The topological polar surface area (TPSA) is 82.2 Å². The Kier molecular flexibility index (Phi) is 4.41. The number of benzene rings is 1. The van der Waals surface area contributed by atoms with Gasteiger partial charge in [0.25, 0.3) is 0 Å². The van der Waals surface area contributed by atoms with Crippen molar-refractivity contribution < 1.29 is 19.1 Å². The lowest BCUT2D eigenvalue weighted by molar-refractivity contribution is -0.111. The number of anilines is 1. The molecule has 0 fully saturated rings. The molecular formula is C16H15FN2O3. The highest BCUT2D eigenvalue weighted by molar-refractivity contribution is 6.03. The van der Waals surface area contributed by atoms with Gasteiger partial charge in [-0.3, -0.25) is 4.79 Å². The summed E-state index contributed by atoms with van der Waals surface area (Å²) in [6.07, 6.45) is 2.69. The van der Waals surface area contributed by atoms with E-state index in [-0.39, 0.29) is 5.69 Å². The van der Waals surface area contributed by atoms with Crippen molar-refractivity contribution in [3.8, 4) is 0 Å². The minimum absolute atomic E-state index is 0.0424. The Morgan fingerprint density at radius 1 is 1.23 bits per heavy atom. The van der Waals surface area contributed by atoms with Crippen LogP contribution in [0.25, 0.3) is 6.08 Å². The number of aromatic nitrogens is 1. The minimum atomic E-state index is -1.09. The van der Waals surface area contributed by atoms with Crippen LogP contribution in [0.15, 0.2) is 30.3 Å². The molecule has 1 amide bonds. The van der Waals surface area contributed by atoms with Crippen LogP contribution in [-0.4, -0.2) is 22.0 Å². The quantitative estimate of drug-likeness (QED) is 0.759. The van der Waals surface area contributed by atoms with Crippen LogP contribution in [0.2, 0.25) is 0 Å². The molecule has 1 aromatic heterocycles. The molecule has 0 aliphatic heterocycles. The zero-order chi connectivity index (χ0) is 16.3. The van der Waals surface area contributed by atoms with E-state index in [0.717, 1.165) is 11.3 Å². The Morgan fingerprint density at radius 3 is 2.45 bits per heavy atom. The van der Waals surface area contributed by atoms with E-state index in [4.69, 9.17) is 5.11 Å².